The Morgan fingerprint density at radius 2 is 2.00 bits per heavy atom. The Morgan fingerprint density at radius 3 is 2.78 bits per heavy atom. The van der Waals surface area contributed by atoms with Crippen molar-refractivity contribution < 1.29 is 33.6 Å². The van der Waals surface area contributed by atoms with Gasteiger partial charge in [0.05, 0.1) is 7.11 Å². The number of nitrogens with one attached hydrogen (secondary N) is 1. The van der Waals surface area contributed by atoms with Crippen molar-refractivity contribution >= 4 is 11.9 Å². The van der Waals surface area contributed by atoms with Crippen molar-refractivity contribution in [1.82, 2.24) is 5.32 Å². The van der Waals surface area contributed by atoms with Gasteiger partial charge in [0.25, 0.3) is 5.91 Å². The van der Waals surface area contributed by atoms with Gasteiger partial charge in [-0.2, -0.15) is 0 Å². The molecule has 0 fully saturated rings. The van der Waals surface area contributed by atoms with Crippen LogP contribution in [0, 0.1) is 0 Å². The standard InChI is InChI=1S/C19H19NO7/c1-24-15-8-13(9-16-18(15)26-6-5-25-16)19(23)20-10-12-3-2-4-14(7-12)27-11-17(21)22/h2-4,7-9H,5-6,10-11H2,1H3,(H,20,23)(H,21,22). The summed E-state index contributed by atoms with van der Waals surface area (Å²) in [5, 5.41) is 11.5. The molecular formula is C19H19NO7. The minimum Gasteiger partial charge on any atom is -0.493 e. The summed E-state index contributed by atoms with van der Waals surface area (Å²) in [5.41, 5.74) is 1.16. The first kappa shape index (κ1) is 18.4. The quantitative estimate of drug-likeness (QED) is 0.763. The molecule has 8 nitrogen and oxygen atoms in total. The number of methoxy groups -OCH3 is 1. The summed E-state index contributed by atoms with van der Waals surface area (Å²) in [7, 11) is 1.50. The zero-order valence-electron chi connectivity index (χ0n) is 14.7. The smallest absolute Gasteiger partial charge is 0.341 e. The molecule has 2 aromatic carbocycles. The molecule has 0 aromatic heterocycles. The van der Waals surface area contributed by atoms with Crippen molar-refractivity contribution in [3.63, 3.8) is 0 Å². The second kappa shape index (κ2) is 8.31. The van der Waals surface area contributed by atoms with Gasteiger partial charge in [-0.15, -0.1) is 0 Å². The summed E-state index contributed by atoms with van der Waals surface area (Å²) >= 11 is 0. The predicted molar refractivity (Wildman–Crippen MR) is 94.7 cm³/mol. The Hall–Kier alpha value is -3.42. The number of carboxylic acid groups (broad SMARTS) is 1. The first-order valence-corrected chi connectivity index (χ1v) is 8.26. The molecule has 0 saturated carbocycles. The van der Waals surface area contributed by atoms with E-state index in [4.69, 9.17) is 24.1 Å². The van der Waals surface area contributed by atoms with E-state index in [0.29, 0.717) is 41.8 Å². The zero-order valence-corrected chi connectivity index (χ0v) is 14.7. The zero-order chi connectivity index (χ0) is 19.2. The summed E-state index contributed by atoms with van der Waals surface area (Å²) in [6.45, 7) is 0.659. The third-order valence-electron chi connectivity index (χ3n) is 3.80. The maximum Gasteiger partial charge on any atom is 0.341 e. The lowest BCUT2D eigenvalue weighted by Crippen LogP contribution is -2.23. The van der Waals surface area contributed by atoms with Gasteiger partial charge in [-0.05, 0) is 29.8 Å². The molecule has 0 saturated heterocycles. The van der Waals surface area contributed by atoms with Gasteiger partial charge in [0.1, 0.15) is 19.0 Å². The molecule has 0 spiro atoms. The van der Waals surface area contributed by atoms with Gasteiger partial charge in [-0.1, -0.05) is 12.1 Å². The number of ether oxygens (including phenoxy) is 4. The second-order valence-electron chi connectivity index (χ2n) is 5.72. The SMILES string of the molecule is COc1cc(C(=O)NCc2cccc(OCC(=O)O)c2)cc2c1OCCO2. The second-order valence-corrected chi connectivity index (χ2v) is 5.72. The molecule has 3 rings (SSSR count). The van der Waals surface area contributed by atoms with Crippen LogP contribution >= 0.6 is 0 Å². The number of benzene rings is 2. The predicted octanol–water partition coefficient (Wildman–Crippen LogP) is 1.86. The third kappa shape index (κ3) is 4.60. The molecule has 142 valence electrons. The Bertz CT molecular complexity index is 833. The maximum atomic E-state index is 12.5. The molecule has 0 atom stereocenters. The van der Waals surface area contributed by atoms with Crippen LogP contribution in [0.25, 0.3) is 0 Å². The highest BCUT2D eigenvalue weighted by molar-refractivity contribution is 5.95. The van der Waals surface area contributed by atoms with Crippen LogP contribution in [0.4, 0.5) is 0 Å². The number of carbonyl (C=O) groups excluding carboxylic acids is 1. The first-order valence-electron chi connectivity index (χ1n) is 8.26. The summed E-state index contributed by atoms with van der Waals surface area (Å²) in [6.07, 6.45) is 0. The molecule has 0 unspecified atom stereocenters. The monoisotopic (exact) mass is 373 g/mol. The molecule has 8 heteroatoms. The van der Waals surface area contributed by atoms with E-state index in [9.17, 15) is 9.59 Å². The molecular weight excluding hydrogens is 354 g/mol. The Labute approximate surface area is 155 Å². The molecule has 0 radical (unpaired) electrons. The molecule has 27 heavy (non-hydrogen) atoms. The minimum absolute atomic E-state index is 0.250. The Balaban J connectivity index is 1.67. The normalized spacial score (nSPS) is 12.2. The van der Waals surface area contributed by atoms with Gasteiger partial charge < -0.3 is 29.4 Å². The summed E-state index contributed by atoms with van der Waals surface area (Å²) in [5.74, 6) is 0.452. The van der Waals surface area contributed by atoms with Crippen molar-refractivity contribution in [2.24, 2.45) is 0 Å². The minimum atomic E-state index is -1.05. The van der Waals surface area contributed by atoms with Crippen LogP contribution in [0.3, 0.4) is 0 Å². The Morgan fingerprint density at radius 1 is 1.19 bits per heavy atom. The van der Waals surface area contributed by atoms with Crippen LogP contribution in [0.15, 0.2) is 36.4 Å². The van der Waals surface area contributed by atoms with E-state index in [1.54, 1.807) is 36.4 Å². The largest absolute Gasteiger partial charge is 0.493 e. The average molecular weight is 373 g/mol. The highest BCUT2D eigenvalue weighted by atomic mass is 16.6. The van der Waals surface area contributed by atoms with E-state index >= 15 is 0 Å². The van der Waals surface area contributed by atoms with Crippen LogP contribution in [-0.4, -0.2) is 43.9 Å². The molecule has 1 amide bonds. The lowest BCUT2D eigenvalue weighted by Gasteiger charge is -2.21. The number of aliphatic carboxylic acids is 1. The highest BCUT2D eigenvalue weighted by Gasteiger charge is 2.20. The number of hydrogen-bond donors (Lipinski definition) is 2. The highest BCUT2D eigenvalue weighted by Crippen LogP contribution is 2.40. The first-order chi connectivity index (χ1) is 13.1. The summed E-state index contributed by atoms with van der Waals surface area (Å²) in [4.78, 5) is 23.1. The molecule has 1 aliphatic rings. The molecule has 0 aliphatic carbocycles. The van der Waals surface area contributed by atoms with Crippen molar-refractivity contribution in [1.29, 1.82) is 0 Å². The van der Waals surface area contributed by atoms with E-state index in [2.05, 4.69) is 5.32 Å². The van der Waals surface area contributed by atoms with Crippen molar-refractivity contribution in [2.45, 2.75) is 6.54 Å². The molecule has 0 bridgehead atoms. The number of amides is 1. The van der Waals surface area contributed by atoms with Gasteiger partial charge in [0.2, 0.25) is 5.75 Å². The van der Waals surface area contributed by atoms with Crippen LogP contribution in [0.5, 0.6) is 23.0 Å². The lowest BCUT2D eigenvalue weighted by molar-refractivity contribution is -0.139. The van der Waals surface area contributed by atoms with E-state index in [-0.39, 0.29) is 12.5 Å². The summed E-state index contributed by atoms with van der Waals surface area (Å²) in [6, 6.07) is 10.1. The van der Waals surface area contributed by atoms with Gasteiger partial charge in [0.15, 0.2) is 18.1 Å². The number of rotatable bonds is 7. The van der Waals surface area contributed by atoms with Crippen molar-refractivity contribution in [3.05, 3.63) is 47.5 Å². The topological polar surface area (TPSA) is 103 Å². The van der Waals surface area contributed by atoms with E-state index < -0.39 is 12.6 Å². The van der Waals surface area contributed by atoms with Gasteiger partial charge in [0, 0.05) is 12.1 Å². The average Bonchev–Trinajstić information content (AvgIpc) is 2.69. The van der Waals surface area contributed by atoms with Crippen LogP contribution in [-0.2, 0) is 11.3 Å². The fourth-order valence-corrected chi connectivity index (χ4v) is 2.58. The van der Waals surface area contributed by atoms with Gasteiger partial charge in [-0.25, -0.2) is 4.79 Å². The maximum absolute atomic E-state index is 12.5. The fraction of sp³-hybridized carbons (Fsp3) is 0.263. The van der Waals surface area contributed by atoms with Crippen LogP contribution < -0.4 is 24.3 Å². The lowest BCUT2D eigenvalue weighted by atomic mass is 10.1. The number of hydrogen-bond acceptors (Lipinski definition) is 6. The molecule has 1 aliphatic heterocycles. The molecule has 2 aromatic rings. The van der Waals surface area contributed by atoms with E-state index in [1.165, 1.54) is 7.11 Å². The molecule has 2 N–H and O–H groups in total. The number of carboxylic acids is 1. The molecule has 1 heterocycles. The van der Waals surface area contributed by atoms with Crippen molar-refractivity contribution in [2.75, 3.05) is 26.9 Å². The van der Waals surface area contributed by atoms with Gasteiger partial charge >= 0.3 is 5.97 Å². The van der Waals surface area contributed by atoms with Crippen molar-refractivity contribution in [3.8, 4) is 23.0 Å². The van der Waals surface area contributed by atoms with Gasteiger partial charge in [-0.3, -0.25) is 4.79 Å². The van der Waals surface area contributed by atoms with Crippen LogP contribution in [0.1, 0.15) is 15.9 Å². The van der Waals surface area contributed by atoms with Crippen LogP contribution in [0.2, 0.25) is 0 Å². The van der Waals surface area contributed by atoms with E-state index in [0.717, 1.165) is 5.56 Å². The number of fused-ring (bicyclic) bond motifs is 1. The van der Waals surface area contributed by atoms with E-state index in [1.807, 2.05) is 0 Å². The third-order valence-corrected chi connectivity index (χ3v) is 3.80. The fourth-order valence-electron chi connectivity index (χ4n) is 2.58. The summed E-state index contributed by atoms with van der Waals surface area (Å²) < 4.78 is 21.5. The Kier molecular flexibility index (Phi) is 5.65. The number of carbonyl (C=O) groups is 2.